The molecular weight excluding hydrogens is 224 g/mol. The lowest BCUT2D eigenvalue weighted by molar-refractivity contribution is -0.138. The van der Waals surface area contributed by atoms with Crippen LogP contribution in [0, 0.1) is 0 Å². The molecule has 0 saturated carbocycles. The van der Waals surface area contributed by atoms with Crippen LogP contribution in [0.1, 0.15) is 33.6 Å². The zero-order valence-corrected chi connectivity index (χ0v) is 10.5. The van der Waals surface area contributed by atoms with Crippen LogP contribution in [0.15, 0.2) is 0 Å². The molecule has 0 aromatic heterocycles. The van der Waals surface area contributed by atoms with E-state index in [4.69, 9.17) is 15.6 Å². The first-order valence-corrected chi connectivity index (χ1v) is 5.66. The van der Waals surface area contributed by atoms with Crippen molar-refractivity contribution >= 4 is 12.1 Å². The van der Waals surface area contributed by atoms with Crippen LogP contribution in [0.5, 0.6) is 0 Å². The summed E-state index contributed by atoms with van der Waals surface area (Å²) in [5.41, 5.74) is 5.16. The standard InChI is InChI=1S/C11H20N2O4/c1-11(2,3)17-10(16)13-6-7(12)4-8(13)5-9(14)15/h7-8H,4-6,12H2,1-3H3,(H,14,15). The number of carboxylic acids is 1. The Hall–Kier alpha value is -1.30. The Labute approximate surface area is 101 Å². The molecule has 0 bridgehead atoms. The van der Waals surface area contributed by atoms with E-state index in [2.05, 4.69) is 0 Å². The summed E-state index contributed by atoms with van der Waals surface area (Å²) in [6, 6.07) is -0.538. The van der Waals surface area contributed by atoms with E-state index in [0.29, 0.717) is 13.0 Å². The third kappa shape index (κ3) is 4.22. The summed E-state index contributed by atoms with van der Waals surface area (Å²) in [6.07, 6.45) is -0.0740. The largest absolute Gasteiger partial charge is 0.481 e. The van der Waals surface area contributed by atoms with Gasteiger partial charge in [-0.25, -0.2) is 4.79 Å². The van der Waals surface area contributed by atoms with Crippen molar-refractivity contribution in [2.45, 2.75) is 51.3 Å². The van der Waals surface area contributed by atoms with E-state index in [1.165, 1.54) is 4.90 Å². The van der Waals surface area contributed by atoms with E-state index in [0.717, 1.165) is 0 Å². The molecule has 1 aliphatic heterocycles. The number of hydrogen-bond acceptors (Lipinski definition) is 4. The van der Waals surface area contributed by atoms with Gasteiger partial charge in [-0.2, -0.15) is 0 Å². The fourth-order valence-corrected chi connectivity index (χ4v) is 1.89. The predicted molar refractivity (Wildman–Crippen MR) is 61.6 cm³/mol. The number of rotatable bonds is 2. The van der Waals surface area contributed by atoms with Crippen molar-refractivity contribution in [3.8, 4) is 0 Å². The van der Waals surface area contributed by atoms with Gasteiger partial charge in [0.1, 0.15) is 5.60 Å². The minimum Gasteiger partial charge on any atom is -0.481 e. The number of aliphatic carboxylic acids is 1. The second-order valence-electron chi connectivity index (χ2n) is 5.38. The molecule has 0 radical (unpaired) electrons. The second-order valence-corrected chi connectivity index (χ2v) is 5.38. The van der Waals surface area contributed by atoms with Crippen molar-refractivity contribution in [3.63, 3.8) is 0 Å². The average Bonchev–Trinajstić information content (AvgIpc) is 2.42. The van der Waals surface area contributed by atoms with Crippen molar-refractivity contribution in [3.05, 3.63) is 0 Å². The number of carbonyl (C=O) groups is 2. The lowest BCUT2D eigenvalue weighted by Gasteiger charge is -2.27. The summed E-state index contributed by atoms with van der Waals surface area (Å²) in [5, 5.41) is 8.77. The first-order chi connectivity index (χ1) is 7.69. The molecule has 98 valence electrons. The number of amides is 1. The SMILES string of the molecule is CC(C)(C)OC(=O)N1CC(N)CC1CC(=O)O. The molecule has 6 nitrogen and oxygen atoms in total. The molecule has 17 heavy (non-hydrogen) atoms. The number of hydrogen-bond donors (Lipinski definition) is 2. The highest BCUT2D eigenvalue weighted by Crippen LogP contribution is 2.22. The van der Waals surface area contributed by atoms with E-state index in [-0.39, 0.29) is 18.5 Å². The zero-order valence-electron chi connectivity index (χ0n) is 10.5. The normalized spacial score (nSPS) is 24.8. The zero-order chi connectivity index (χ0) is 13.2. The van der Waals surface area contributed by atoms with Crippen molar-refractivity contribution in [1.29, 1.82) is 0 Å². The van der Waals surface area contributed by atoms with Gasteiger partial charge in [0, 0.05) is 18.6 Å². The third-order valence-electron chi connectivity index (χ3n) is 2.49. The van der Waals surface area contributed by atoms with Crippen molar-refractivity contribution in [1.82, 2.24) is 4.90 Å². The van der Waals surface area contributed by atoms with Gasteiger partial charge in [0.15, 0.2) is 0 Å². The maximum atomic E-state index is 11.9. The smallest absolute Gasteiger partial charge is 0.410 e. The first kappa shape index (κ1) is 13.8. The van der Waals surface area contributed by atoms with Gasteiger partial charge in [0.2, 0.25) is 0 Å². The summed E-state index contributed by atoms with van der Waals surface area (Å²) < 4.78 is 5.22. The molecule has 1 aliphatic rings. The number of nitrogens with zero attached hydrogens (tertiary/aromatic N) is 1. The maximum absolute atomic E-state index is 11.9. The summed E-state index contributed by atoms with van der Waals surface area (Å²) in [7, 11) is 0. The van der Waals surface area contributed by atoms with Gasteiger partial charge < -0.3 is 20.5 Å². The molecule has 1 fully saturated rings. The highest BCUT2D eigenvalue weighted by molar-refractivity contribution is 5.72. The monoisotopic (exact) mass is 244 g/mol. The van der Waals surface area contributed by atoms with Gasteiger partial charge >= 0.3 is 12.1 Å². The molecule has 3 N–H and O–H groups in total. The van der Waals surface area contributed by atoms with Gasteiger partial charge in [-0.3, -0.25) is 4.79 Å². The number of ether oxygens (including phenoxy) is 1. The van der Waals surface area contributed by atoms with Crippen LogP contribution in [0.2, 0.25) is 0 Å². The molecule has 0 spiro atoms. The summed E-state index contributed by atoms with van der Waals surface area (Å²) >= 11 is 0. The van der Waals surface area contributed by atoms with E-state index >= 15 is 0 Å². The lowest BCUT2D eigenvalue weighted by Crippen LogP contribution is -2.41. The van der Waals surface area contributed by atoms with Crippen molar-refractivity contribution in [2.75, 3.05) is 6.54 Å². The van der Waals surface area contributed by atoms with Crippen LogP contribution in [-0.2, 0) is 9.53 Å². The Morgan fingerprint density at radius 3 is 2.53 bits per heavy atom. The Balaban J connectivity index is 2.66. The second kappa shape index (κ2) is 4.91. The van der Waals surface area contributed by atoms with Crippen LogP contribution in [0.25, 0.3) is 0 Å². The van der Waals surface area contributed by atoms with Gasteiger partial charge in [0.25, 0.3) is 0 Å². The molecule has 1 saturated heterocycles. The van der Waals surface area contributed by atoms with Gasteiger partial charge in [-0.1, -0.05) is 0 Å². The highest BCUT2D eigenvalue weighted by atomic mass is 16.6. The van der Waals surface area contributed by atoms with Gasteiger partial charge in [0.05, 0.1) is 6.42 Å². The van der Waals surface area contributed by atoms with E-state index in [1.807, 2.05) is 0 Å². The fraction of sp³-hybridized carbons (Fsp3) is 0.818. The quantitative estimate of drug-likeness (QED) is 0.749. The van der Waals surface area contributed by atoms with Gasteiger partial charge in [-0.05, 0) is 27.2 Å². The molecule has 1 heterocycles. The molecule has 2 unspecified atom stereocenters. The predicted octanol–water partition coefficient (Wildman–Crippen LogP) is 0.798. The van der Waals surface area contributed by atoms with E-state index in [1.54, 1.807) is 20.8 Å². The molecule has 1 rings (SSSR count). The maximum Gasteiger partial charge on any atom is 0.410 e. The molecule has 0 aliphatic carbocycles. The summed E-state index contributed by atoms with van der Waals surface area (Å²) in [6.45, 7) is 5.67. The van der Waals surface area contributed by atoms with E-state index in [9.17, 15) is 9.59 Å². The minimum absolute atomic E-state index is 0.0903. The molecule has 0 aromatic carbocycles. The van der Waals surface area contributed by atoms with Crippen LogP contribution < -0.4 is 5.73 Å². The number of likely N-dealkylation sites (tertiary alicyclic amines) is 1. The van der Waals surface area contributed by atoms with Crippen LogP contribution >= 0.6 is 0 Å². The summed E-state index contributed by atoms with van der Waals surface area (Å²) in [4.78, 5) is 24.0. The molecule has 0 aromatic rings. The first-order valence-electron chi connectivity index (χ1n) is 5.66. The summed E-state index contributed by atoms with van der Waals surface area (Å²) in [5.74, 6) is -0.933. The Morgan fingerprint density at radius 2 is 2.06 bits per heavy atom. The average molecular weight is 244 g/mol. The number of nitrogens with two attached hydrogens (primary N) is 1. The number of carbonyl (C=O) groups excluding carboxylic acids is 1. The fourth-order valence-electron chi connectivity index (χ4n) is 1.89. The lowest BCUT2D eigenvalue weighted by atomic mass is 10.1. The Morgan fingerprint density at radius 1 is 1.47 bits per heavy atom. The number of carboxylic acid groups (broad SMARTS) is 1. The van der Waals surface area contributed by atoms with Crippen molar-refractivity contribution < 1.29 is 19.4 Å². The Kier molecular flexibility index (Phi) is 3.98. The molecule has 1 amide bonds. The topological polar surface area (TPSA) is 92.9 Å². The molecule has 2 atom stereocenters. The van der Waals surface area contributed by atoms with E-state index < -0.39 is 17.7 Å². The van der Waals surface area contributed by atoms with Crippen molar-refractivity contribution in [2.24, 2.45) is 5.73 Å². The van der Waals surface area contributed by atoms with Crippen LogP contribution in [0.3, 0.4) is 0 Å². The highest BCUT2D eigenvalue weighted by Gasteiger charge is 2.37. The minimum atomic E-state index is -0.933. The van der Waals surface area contributed by atoms with Gasteiger partial charge in [-0.15, -0.1) is 0 Å². The van der Waals surface area contributed by atoms with Crippen LogP contribution in [0.4, 0.5) is 4.79 Å². The Bertz CT molecular complexity index is 311. The molecule has 6 heteroatoms. The third-order valence-corrected chi connectivity index (χ3v) is 2.49. The molecular formula is C11H20N2O4. The van der Waals surface area contributed by atoms with Crippen LogP contribution in [-0.4, -0.2) is 46.3 Å².